The van der Waals surface area contributed by atoms with Gasteiger partial charge < -0.3 is 9.72 Å². The van der Waals surface area contributed by atoms with Crippen molar-refractivity contribution in [1.29, 1.82) is 0 Å². The van der Waals surface area contributed by atoms with Crippen LogP contribution in [0.5, 0.6) is 5.88 Å². The molecule has 3 aromatic rings. The Hall–Kier alpha value is -2.07. The van der Waals surface area contributed by atoms with Gasteiger partial charge >= 0.3 is 0 Å². The van der Waals surface area contributed by atoms with Crippen LogP contribution < -0.4 is 4.74 Å². The molecule has 4 nitrogen and oxygen atoms in total. The minimum absolute atomic E-state index is 0.559. The lowest BCUT2D eigenvalue weighted by atomic mass is 10.1. The fraction of sp³-hybridized carbons (Fsp3) is 0.143. The van der Waals surface area contributed by atoms with Crippen molar-refractivity contribution in [2.24, 2.45) is 0 Å². The van der Waals surface area contributed by atoms with E-state index >= 15 is 0 Å². The summed E-state index contributed by atoms with van der Waals surface area (Å²) in [5, 5.41) is 0.744. The second kappa shape index (κ2) is 4.90. The van der Waals surface area contributed by atoms with Gasteiger partial charge in [0, 0.05) is 17.5 Å². The fourth-order valence-electron chi connectivity index (χ4n) is 1.94. The molecule has 96 valence electrons. The summed E-state index contributed by atoms with van der Waals surface area (Å²) in [6, 6.07) is 11.5. The number of hydrogen-bond donors (Lipinski definition) is 1. The number of rotatable bonds is 3. The molecule has 0 aliphatic rings. The van der Waals surface area contributed by atoms with Crippen LogP contribution in [0.2, 0.25) is 5.02 Å². The highest BCUT2D eigenvalue weighted by Gasteiger charge is 2.07. The quantitative estimate of drug-likeness (QED) is 0.797. The number of benzene rings is 1. The number of H-pyrrole nitrogens is 1. The van der Waals surface area contributed by atoms with Crippen molar-refractivity contribution >= 4 is 22.8 Å². The summed E-state index contributed by atoms with van der Waals surface area (Å²) < 4.78 is 5.08. The summed E-state index contributed by atoms with van der Waals surface area (Å²) in [5.41, 5.74) is 2.58. The van der Waals surface area contributed by atoms with E-state index in [9.17, 15) is 0 Å². The summed E-state index contributed by atoms with van der Waals surface area (Å²) in [6.45, 7) is 0. The molecule has 2 heterocycles. The molecular formula is C14H12ClN3O. The Morgan fingerprint density at radius 1 is 1.16 bits per heavy atom. The number of halogens is 1. The van der Waals surface area contributed by atoms with Gasteiger partial charge in [-0.15, -0.1) is 0 Å². The molecule has 0 unspecified atom stereocenters. The first-order chi connectivity index (χ1) is 9.26. The SMILES string of the molecule is COc1ccc2[nH]c(Cc3ccccc3Cl)nc2n1. The Kier molecular flexibility index (Phi) is 3.09. The smallest absolute Gasteiger partial charge is 0.215 e. The molecule has 0 spiro atoms. The normalized spacial score (nSPS) is 10.8. The Bertz CT molecular complexity index is 724. The van der Waals surface area contributed by atoms with E-state index in [2.05, 4.69) is 15.0 Å². The summed E-state index contributed by atoms with van der Waals surface area (Å²) in [5.74, 6) is 1.40. The fourth-order valence-corrected chi connectivity index (χ4v) is 2.15. The van der Waals surface area contributed by atoms with Crippen molar-refractivity contribution in [2.75, 3.05) is 7.11 Å². The van der Waals surface area contributed by atoms with E-state index in [1.165, 1.54) is 0 Å². The van der Waals surface area contributed by atoms with E-state index in [4.69, 9.17) is 16.3 Å². The number of nitrogens with one attached hydrogen (secondary N) is 1. The second-order valence-electron chi connectivity index (χ2n) is 4.18. The molecule has 1 N–H and O–H groups in total. The summed E-state index contributed by atoms with van der Waals surface area (Å²) in [4.78, 5) is 12.0. The molecule has 5 heteroatoms. The van der Waals surface area contributed by atoms with Crippen molar-refractivity contribution in [3.05, 3.63) is 52.8 Å². The summed E-state index contributed by atoms with van der Waals surface area (Å²) in [6.07, 6.45) is 0.651. The van der Waals surface area contributed by atoms with E-state index in [1.54, 1.807) is 13.2 Å². The Labute approximate surface area is 115 Å². The topological polar surface area (TPSA) is 50.8 Å². The van der Waals surface area contributed by atoms with Crippen molar-refractivity contribution in [1.82, 2.24) is 15.0 Å². The second-order valence-corrected chi connectivity index (χ2v) is 4.58. The van der Waals surface area contributed by atoms with Crippen LogP contribution >= 0.6 is 11.6 Å². The third-order valence-corrected chi connectivity index (χ3v) is 3.26. The van der Waals surface area contributed by atoms with E-state index in [1.807, 2.05) is 30.3 Å². The van der Waals surface area contributed by atoms with Gasteiger partial charge in [-0.2, -0.15) is 4.98 Å². The van der Waals surface area contributed by atoms with E-state index in [0.717, 1.165) is 21.9 Å². The molecule has 0 amide bonds. The molecule has 0 aliphatic carbocycles. The number of hydrogen-bond acceptors (Lipinski definition) is 3. The maximum Gasteiger partial charge on any atom is 0.215 e. The van der Waals surface area contributed by atoms with Gasteiger partial charge in [-0.05, 0) is 17.7 Å². The molecule has 19 heavy (non-hydrogen) atoms. The van der Waals surface area contributed by atoms with Gasteiger partial charge in [0.2, 0.25) is 5.88 Å². The van der Waals surface area contributed by atoms with Gasteiger partial charge in [0.05, 0.1) is 12.6 Å². The lowest BCUT2D eigenvalue weighted by Gasteiger charge is -2.00. The Morgan fingerprint density at radius 2 is 2.00 bits per heavy atom. The maximum atomic E-state index is 6.14. The van der Waals surface area contributed by atoms with Crippen LogP contribution in [0.3, 0.4) is 0 Å². The molecule has 2 aromatic heterocycles. The molecule has 0 atom stereocenters. The number of nitrogens with zero attached hydrogens (tertiary/aromatic N) is 2. The van der Waals surface area contributed by atoms with Gasteiger partial charge in [-0.3, -0.25) is 0 Å². The molecule has 0 bridgehead atoms. The van der Waals surface area contributed by atoms with Crippen molar-refractivity contribution in [3.63, 3.8) is 0 Å². The van der Waals surface area contributed by atoms with Gasteiger partial charge in [-0.1, -0.05) is 29.8 Å². The van der Waals surface area contributed by atoms with Crippen LogP contribution in [0.25, 0.3) is 11.2 Å². The molecule has 0 aliphatic heterocycles. The molecule has 0 saturated carbocycles. The minimum Gasteiger partial charge on any atom is -0.481 e. The van der Waals surface area contributed by atoms with Gasteiger partial charge in [0.1, 0.15) is 5.82 Å². The van der Waals surface area contributed by atoms with Crippen LogP contribution in [0.15, 0.2) is 36.4 Å². The molecule has 1 aromatic carbocycles. The maximum absolute atomic E-state index is 6.14. The lowest BCUT2D eigenvalue weighted by Crippen LogP contribution is -1.91. The Morgan fingerprint density at radius 3 is 2.79 bits per heavy atom. The van der Waals surface area contributed by atoms with E-state index in [0.29, 0.717) is 17.9 Å². The summed E-state index contributed by atoms with van der Waals surface area (Å²) in [7, 11) is 1.59. The molecule has 0 fully saturated rings. The first-order valence-electron chi connectivity index (χ1n) is 5.89. The molecule has 3 rings (SSSR count). The first kappa shape index (κ1) is 12.0. The minimum atomic E-state index is 0.559. The first-order valence-corrected chi connectivity index (χ1v) is 6.27. The average Bonchev–Trinajstić information content (AvgIpc) is 2.82. The zero-order valence-electron chi connectivity index (χ0n) is 10.4. The molecule has 0 saturated heterocycles. The van der Waals surface area contributed by atoms with Crippen molar-refractivity contribution < 1.29 is 4.74 Å². The van der Waals surface area contributed by atoms with Crippen LogP contribution in [0, 0.1) is 0 Å². The summed E-state index contributed by atoms with van der Waals surface area (Å²) >= 11 is 6.14. The van der Waals surface area contributed by atoms with Crippen molar-refractivity contribution in [3.8, 4) is 5.88 Å². The molecule has 0 radical (unpaired) electrons. The zero-order valence-corrected chi connectivity index (χ0v) is 11.1. The number of methoxy groups -OCH3 is 1. The highest BCUT2D eigenvalue weighted by molar-refractivity contribution is 6.31. The van der Waals surface area contributed by atoms with Gasteiger partial charge in [-0.25, -0.2) is 4.98 Å². The van der Waals surface area contributed by atoms with E-state index < -0.39 is 0 Å². The van der Waals surface area contributed by atoms with Crippen LogP contribution in [-0.2, 0) is 6.42 Å². The number of imidazole rings is 1. The number of fused-ring (bicyclic) bond motifs is 1. The van der Waals surface area contributed by atoms with Gasteiger partial charge in [0.25, 0.3) is 0 Å². The lowest BCUT2D eigenvalue weighted by molar-refractivity contribution is 0.399. The zero-order chi connectivity index (χ0) is 13.2. The van der Waals surface area contributed by atoms with Crippen LogP contribution in [0.1, 0.15) is 11.4 Å². The highest BCUT2D eigenvalue weighted by atomic mass is 35.5. The van der Waals surface area contributed by atoms with Gasteiger partial charge in [0.15, 0.2) is 5.65 Å². The van der Waals surface area contributed by atoms with Crippen molar-refractivity contribution in [2.45, 2.75) is 6.42 Å². The number of aromatic amines is 1. The average molecular weight is 274 g/mol. The third-order valence-electron chi connectivity index (χ3n) is 2.89. The van der Waals surface area contributed by atoms with E-state index in [-0.39, 0.29) is 0 Å². The highest BCUT2D eigenvalue weighted by Crippen LogP contribution is 2.20. The largest absolute Gasteiger partial charge is 0.481 e. The number of pyridine rings is 1. The molecular weight excluding hydrogens is 262 g/mol. The van der Waals surface area contributed by atoms with Crippen LogP contribution in [0.4, 0.5) is 0 Å². The number of ether oxygens (including phenoxy) is 1. The third kappa shape index (κ3) is 2.39. The predicted octanol–water partition coefficient (Wildman–Crippen LogP) is 3.21. The standard InChI is InChI=1S/C14H12ClN3O/c1-19-13-7-6-11-14(18-13)17-12(16-11)8-9-4-2-3-5-10(9)15/h2-7H,8H2,1H3,(H,16,17,18). The van der Waals surface area contributed by atoms with Crippen LogP contribution in [-0.4, -0.2) is 22.1 Å². The predicted molar refractivity (Wildman–Crippen MR) is 74.7 cm³/mol. The monoisotopic (exact) mass is 273 g/mol. The number of aromatic nitrogens is 3. The Balaban J connectivity index is 1.95.